The summed E-state index contributed by atoms with van der Waals surface area (Å²) in [5.41, 5.74) is 0.343. The molecule has 0 radical (unpaired) electrons. The lowest BCUT2D eigenvalue weighted by molar-refractivity contribution is -0.128. The van der Waals surface area contributed by atoms with Gasteiger partial charge in [0.05, 0.1) is 10.8 Å². The van der Waals surface area contributed by atoms with Crippen LogP contribution in [0.2, 0.25) is 0 Å². The molecule has 2 amide bonds. The van der Waals surface area contributed by atoms with Gasteiger partial charge in [0.15, 0.2) is 0 Å². The van der Waals surface area contributed by atoms with Crippen LogP contribution < -0.4 is 10.6 Å². The van der Waals surface area contributed by atoms with E-state index < -0.39 is 10.8 Å². The molecule has 1 fully saturated rings. The molecule has 1 atom stereocenters. The molecule has 1 aromatic rings. The van der Waals surface area contributed by atoms with Gasteiger partial charge in [0, 0.05) is 22.5 Å². The Kier molecular flexibility index (Phi) is 5.34. The highest BCUT2D eigenvalue weighted by molar-refractivity contribution is 7.85. The third kappa shape index (κ3) is 3.94. The van der Waals surface area contributed by atoms with E-state index in [2.05, 4.69) is 10.6 Å². The van der Waals surface area contributed by atoms with Gasteiger partial charge in [-0.2, -0.15) is 0 Å². The van der Waals surface area contributed by atoms with Crippen LogP contribution in [0.25, 0.3) is 0 Å². The van der Waals surface area contributed by atoms with E-state index in [-0.39, 0.29) is 23.0 Å². The van der Waals surface area contributed by atoms with Gasteiger partial charge in [-0.05, 0) is 38.0 Å². The monoisotopic (exact) mass is 322 g/mol. The van der Waals surface area contributed by atoms with Crippen LogP contribution in [-0.2, 0) is 20.4 Å². The van der Waals surface area contributed by atoms with Crippen molar-refractivity contribution in [3.63, 3.8) is 0 Å². The second-order valence-corrected chi connectivity index (χ2v) is 7.29. The number of carbonyl (C=O) groups excluding carboxylic acids is 2. The third-order valence-corrected chi connectivity index (χ3v) is 5.30. The Morgan fingerprint density at radius 1 is 1.32 bits per heavy atom. The van der Waals surface area contributed by atoms with E-state index in [9.17, 15) is 13.8 Å². The molecule has 120 valence electrons. The topological polar surface area (TPSA) is 75.3 Å². The standard InChI is InChI=1S/C16H22N2O3S/c1-3-17-14(19)11-22(21)13-7-4-6-12(10-13)18-15(20)16(2)8-5-9-16/h4,6-7,10H,3,5,8-9,11H2,1-2H3,(H,17,19)(H,18,20)/t22-/m1/s1. The summed E-state index contributed by atoms with van der Waals surface area (Å²) in [5.74, 6) is -0.300. The van der Waals surface area contributed by atoms with Crippen molar-refractivity contribution in [3.8, 4) is 0 Å². The van der Waals surface area contributed by atoms with Gasteiger partial charge < -0.3 is 10.6 Å². The van der Waals surface area contributed by atoms with Crippen molar-refractivity contribution in [3.05, 3.63) is 24.3 Å². The maximum atomic E-state index is 12.2. The molecule has 0 aromatic heterocycles. The maximum Gasteiger partial charge on any atom is 0.232 e. The first-order chi connectivity index (χ1) is 10.4. The molecule has 0 heterocycles. The van der Waals surface area contributed by atoms with Crippen molar-refractivity contribution >= 4 is 28.3 Å². The summed E-state index contributed by atoms with van der Waals surface area (Å²) in [6.45, 7) is 4.30. The summed E-state index contributed by atoms with van der Waals surface area (Å²) in [6.07, 6.45) is 2.89. The molecule has 2 rings (SSSR count). The molecule has 0 spiro atoms. The summed E-state index contributed by atoms with van der Waals surface area (Å²) in [4.78, 5) is 24.2. The molecule has 22 heavy (non-hydrogen) atoms. The predicted octanol–water partition coefficient (Wildman–Crippen LogP) is 2.06. The summed E-state index contributed by atoms with van der Waals surface area (Å²) in [5, 5.41) is 5.51. The quantitative estimate of drug-likeness (QED) is 0.842. The normalized spacial score (nSPS) is 17.2. The SMILES string of the molecule is CCNC(=O)C[S@@](=O)c1cccc(NC(=O)C2(C)CCC2)c1. The molecular weight excluding hydrogens is 300 g/mol. The molecule has 1 aliphatic rings. The molecule has 1 aliphatic carbocycles. The summed E-state index contributed by atoms with van der Waals surface area (Å²) in [6, 6.07) is 6.89. The number of rotatable bonds is 6. The summed E-state index contributed by atoms with van der Waals surface area (Å²) >= 11 is 0. The van der Waals surface area contributed by atoms with E-state index in [4.69, 9.17) is 0 Å². The fourth-order valence-corrected chi connectivity index (χ4v) is 3.38. The first-order valence-corrected chi connectivity index (χ1v) is 8.83. The van der Waals surface area contributed by atoms with Gasteiger partial charge in [0.25, 0.3) is 0 Å². The first kappa shape index (κ1) is 16.7. The van der Waals surface area contributed by atoms with Crippen molar-refractivity contribution in [2.75, 3.05) is 17.6 Å². The fourth-order valence-electron chi connectivity index (χ4n) is 2.38. The Morgan fingerprint density at radius 3 is 2.64 bits per heavy atom. The van der Waals surface area contributed by atoms with E-state index >= 15 is 0 Å². The number of anilines is 1. The highest BCUT2D eigenvalue weighted by Crippen LogP contribution is 2.41. The lowest BCUT2D eigenvalue weighted by Gasteiger charge is -2.36. The van der Waals surface area contributed by atoms with Gasteiger partial charge >= 0.3 is 0 Å². The predicted molar refractivity (Wildman–Crippen MR) is 87.0 cm³/mol. The minimum Gasteiger partial charge on any atom is -0.356 e. The van der Waals surface area contributed by atoms with Gasteiger partial charge in [0.2, 0.25) is 11.8 Å². The van der Waals surface area contributed by atoms with Gasteiger partial charge in [-0.1, -0.05) is 19.4 Å². The summed E-state index contributed by atoms with van der Waals surface area (Å²) in [7, 11) is -1.41. The number of carbonyl (C=O) groups is 2. The van der Waals surface area contributed by atoms with Crippen LogP contribution in [-0.4, -0.2) is 28.3 Å². The van der Waals surface area contributed by atoms with Crippen molar-refractivity contribution in [1.82, 2.24) is 5.32 Å². The minimum absolute atomic E-state index is 0.00501. The fraction of sp³-hybridized carbons (Fsp3) is 0.500. The first-order valence-electron chi connectivity index (χ1n) is 7.51. The smallest absolute Gasteiger partial charge is 0.232 e. The summed E-state index contributed by atoms with van der Waals surface area (Å²) < 4.78 is 12.2. The second kappa shape index (κ2) is 7.05. The Balaban J connectivity index is 2.02. The number of nitrogens with one attached hydrogen (secondary N) is 2. The van der Waals surface area contributed by atoms with Crippen LogP contribution in [0.1, 0.15) is 33.1 Å². The van der Waals surface area contributed by atoms with E-state index in [0.29, 0.717) is 17.1 Å². The molecule has 0 saturated heterocycles. The van der Waals surface area contributed by atoms with Crippen molar-refractivity contribution < 1.29 is 13.8 Å². The molecule has 0 aliphatic heterocycles. The van der Waals surface area contributed by atoms with Gasteiger partial charge in [0.1, 0.15) is 5.75 Å². The molecule has 0 bridgehead atoms. The molecule has 6 heteroatoms. The third-order valence-electron chi connectivity index (χ3n) is 4.00. The van der Waals surface area contributed by atoms with Crippen LogP contribution in [0, 0.1) is 5.41 Å². The number of amides is 2. The Hall–Kier alpha value is -1.69. The van der Waals surface area contributed by atoms with E-state index in [0.717, 1.165) is 19.3 Å². The number of hydrogen-bond donors (Lipinski definition) is 2. The molecule has 0 unspecified atom stereocenters. The van der Waals surface area contributed by atoms with Crippen molar-refractivity contribution in [1.29, 1.82) is 0 Å². The number of benzene rings is 1. The lowest BCUT2D eigenvalue weighted by Crippen LogP contribution is -2.39. The minimum atomic E-state index is -1.41. The van der Waals surface area contributed by atoms with Crippen molar-refractivity contribution in [2.45, 2.75) is 38.0 Å². The maximum absolute atomic E-state index is 12.2. The zero-order valence-electron chi connectivity index (χ0n) is 13.0. The van der Waals surface area contributed by atoms with E-state index in [1.54, 1.807) is 24.3 Å². The van der Waals surface area contributed by atoms with Crippen LogP contribution in [0.5, 0.6) is 0 Å². The van der Waals surface area contributed by atoms with Crippen LogP contribution in [0.3, 0.4) is 0 Å². The van der Waals surface area contributed by atoms with Gasteiger partial charge in [-0.3, -0.25) is 13.8 Å². The molecule has 1 saturated carbocycles. The average Bonchev–Trinajstić information content (AvgIpc) is 2.45. The molecule has 5 nitrogen and oxygen atoms in total. The Labute approximate surface area is 133 Å². The average molecular weight is 322 g/mol. The highest BCUT2D eigenvalue weighted by atomic mass is 32.2. The van der Waals surface area contributed by atoms with Crippen molar-refractivity contribution in [2.24, 2.45) is 5.41 Å². The zero-order chi connectivity index (χ0) is 16.2. The largest absolute Gasteiger partial charge is 0.356 e. The van der Waals surface area contributed by atoms with Gasteiger partial charge in [-0.15, -0.1) is 0 Å². The number of hydrogen-bond acceptors (Lipinski definition) is 3. The van der Waals surface area contributed by atoms with Gasteiger partial charge in [-0.25, -0.2) is 0 Å². The Bertz CT molecular complexity index is 597. The van der Waals surface area contributed by atoms with Crippen LogP contribution in [0.4, 0.5) is 5.69 Å². The molecule has 1 aromatic carbocycles. The Morgan fingerprint density at radius 2 is 2.05 bits per heavy atom. The molecular formula is C16H22N2O3S. The zero-order valence-corrected chi connectivity index (χ0v) is 13.8. The van der Waals surface area contributed by atoms with E-state index in [1.807, 2.05) is 13.8 Å². The van der Waals surface area contributed by atoms with Crippen LogP contribution >= 0.6 is 0 Å². The molecule has 2 N–H and O–H groups in total. The lowest BCUT2D eigenvalue weighted by atomic mass is 9.70. The second-order valence-electron chi connectivity index (χ2n) is 5.84. The van der Waals surface area contributed by atoms with E-state index in [1.165, 1.54) is 0 Å². The van der Waals surface area contributed by atoms with Crippen LogP contribution in [0.15, 0.2) is 29.2 Å². The highest BCUT2D eigenvalue weighted by Gasteiger charge is 2.39.